The Balaban J connectivity index is 2.26. The molecule has 0 spiro atoms. The summed E-state index contributed by atoms with van der Waals surface area (Å²) in [6, 6.07) is 9.86. The van der Waals surface area contributed by atoms with Crippen LogP contribution in [-0.4, -0.2) is 12.0 Å². The molecular formula is C16H21FO. The second-order valence-corrected chi connectivity index (χ2v) is 5.62. The average molecular weight is 248 g/mol. The molecule has 1 fully saturated rings. The van der Waals surface area contributed by atoms with Gasteiger partial charge in [-0.1, -0.05) is 44.2 Å². The van der Waals surface area contributed by atoms with Gasteiger partial charge >= 0.3 is 0 Å². The van der Waals surface area contributed by atoms with Gasteiger partial charge in [0.25, 0.3) is 0 Å². The summed E-state index contributed by atoms with van der Waals surface area (Å²) < 4.78 is 13.4. The number of alkyl halides is 1. The first kappa shape index (κ1) is 13.3. The van der Waals surface area contributed by atoms with E-state index in [4.69, 9.17) is 0 Å². The molecule has 0 radical (unpaired) electrons. The smallest absolute Gasteiger partial charge is 0.143 e. The summed E-state index contributed by atoms with van der Waals surface area (Å²) in [4.78, 5) is 12.4. The van der Waals surface area contributed by atoms with Crippen LogP contribution in [0.1, 0.15) is 44.6 Å². The number of halogens is 1. The van der Waals surface area contributed by atoms with Gasteiger partial charge in [-0.2, -0.15) is 0 Å². The third-order valence-corrected chi connectivity index (χ3v) is 3.91. The second-order valence-electron chi connectivity index (χ2n) is 5.62. The molecule has 0 N–H and O–H groups in total. The van der Waals surface area contributed by atoms with Crippen LogP contribution in [0, 0.1) is 11.8 Å². The molecule has 2 rings (SSSR count). The van der Waals surface area contributed by atoms with Crippen molar-refractivity contribution in [3.05, 3.63) is 35.9 Å². The molecule has 1 aromatic rings. The van der Waals surface area contributed by atoms with E-state index in [2.05, 4.69) is 0 Å². The Morgan fingerprint density at radius 1 is 1.22 bits per heavy atom. The number of Topliss-reactive ketones (excluding diaryl/α,β-unsaturated/α-hetero) is 1. The summed E-state index contributed by atoms with van der Waals surface area (Å²) in [5.41, 5.74) is 1.05. The molecule has 98 valence electrons. The third kappa shape index (κ3) is 2.80. The van der Waals surface area contributed by atoms with Crippen LogP contribution >= 0.6 is 0 Å². The van der Waals surface area contributed by atoms with E-state index in [1.807, 2.05) is 44.2 Å². The van der Waals surface area contributed by atoms with Gasteiger partial charge in [-0.3, -0.25) is 4.79 Å². The summed E-state index contributed by atoms with van der Waals surface area (Å²) >= 11 is 0. The molecule has 1 aliphatic rings. The lowest BCUT2D eigenvalue weighted by Gasteiger charge is -2.24. The van der Waals surface area contributed by atoms with Crippen molar-refractivity contribution in [1.29, 1.82) is 0 Å². The summed E-state index contributed by atoms with van der Waals surface area (Å²) in [7, 11) is 0. The molecular weight excluding hydrogens is 227 g/mol. The zero-order valence-electron chi connectivity index (χ0n) is 11.1. The first-order chi connectivity index (χ1) is 8.59. The monoisotopic (exact) mass is 248 g/mol. The van der Waals surface area contributed by atoms with Crippen LogP contribution in [0.15, 0.2) is 30.3 Å². The van der Waals surface area contributed by atoms with E-state index in [-0.39, 0.29) is 23.5 Å². The lowest BCUT2D eigenvalue weighted by molar-refractivity contribution is -0.124. The Morgan fingerprint density at radius 3 is 2.39 bits per heavy atom. The molecule has 1 unspecified atom stereocenters. The predicted molar refractivity (Wildman–Crippen MR) is 71.3 cm³/mol. The number of hydrogen-bond donors (Lipinski definition) is 0. The van der Waals surface area contributed by atoms with Crippen LogP contribution in [0.3, 0.4) is 0 Å². The molecule has 0 aliphatic heterocycles. The van der Waals surface area contributed by atoms with Gasteiger partial charge in [0.05, 0.1) is 0 Å². The average Bonchev–Trinajstić information content (AvgIpc) is 2.77. The van der Waals surface area contributed by atoms with Crippen LogP contribution in [0.2, 0.25) is 0 Å². The minimum atomic E-state index is -0.721. The van der Waals surface area contributed by atoms with Crippen molar-refractivity contribution in [2.45, 2.75) is 45.2 Å². The maximum absolute atomic E-state index is 13.4. The molecule has 0 aromatic heterocycles. The maximum Gasteiger partial charge on any atom is 0.143 e. The first-order valence-electron chi connectivity index (χ1n) is 6.82. The molecule has 0 amide bonds. The molecule has 1 aliphatic carbocycles. The number of rotatable bonds is 4. The third-order valence-electron chi connectivity index (χ3n) is 3.91. The molecule has 0 heterocycles. The fourth-order valence-electron chi connectivity index (χ4n) is 2.95. The minimum absolute atomic E-state index is 0.00821. The number of benzene rings is 1. The highest BCUT2D eigenvalue weighted by atomic mass is 19.1. The van der Waals surface area contributed by atoms with Gasteiger partial charge in [0, 0.05) is 11.8 Å². The first-order valence-corrected chi connectivity index (χ1v) is 6.82. The van der Waals surface area contributed by atoms with Gasteiger partial charge in [-0.05, 0) is 30.7 Å². The van der Waals surface area contributed by atoms with Crippen molar-refractivity contribution in [2.24, 2.45) is 11.8 Å². The Kier molecular flexibility index (Phi) is 4.15. The van der Waals surface area contributed by atoms with Crippen LogP contribution in [0.4, 0.5) is 4.39 Å². The lowest BCUT2D eigenvalue weighted by atomic mass is 9.78. The van der Waals surface area contributed by atoms with Crippen LogP contribution < -0.4 is 0 Å². The SMILES string of the molecule is CC(C)C(=O)[C@H](c1ccccc1)C1CC[C@H](F)C1. The van der Waals surface area contributed by atoms with E-state index in [9.17, 15) is 9.18 Å². The fourth-order valence-corrected chi connectivity index (χ4v) is 2.95. The van der Waals surface area contributed by atoms with Crippen molar-refractivity contribution in [1.82, 2.24) is 0 Å². The zero-order chi connectivity index (χ0) is 13.1. The molecule has 3 atom stereocenters. The van der Waals surface area contributed by atoms with Gasteiger partial charge in [-0.25, -0.2) is 4.39 Å². The predicted octanol–water partition coefficient (Wildman–Crippen LogP) is 4.13. The van der Waals surface area contributed by atoms with Gasteiger partial charge in [0.15, 0.2) is 0 Å². The van der Waals surface area contributed by atoms with Crippen molar-refractivity contribution < 1.29 is 9.18 Å². The Labute approximate surface area is 108 Å². The molecule has 1 saturated carbocycles. The van der Waals surface area contributed by atoms with Crippen molar-refractivity contribution in [2.75, 3.05) is 0 Å². The zero-order valence-corrected chi connectivity index (χ0v) is 11.1. The lowest BCUT2D eigenvalue weighted by Crippen LogP contribution is -2.24. The van der Waals surface area contributed by atoms with E-state index >= 15 is 0 Å². The van der Waals surface area contributed by atoms with Gasteiger partial charge in [-0.15, -0.1) is 0 Å². The van der Waals surface area contributed by atoms with Crippen molar-refractivity contribution in [3.63, 3.8) is 0 Å². The van der Waals surface area contributed by atoms with E-state index in [0.29, 0.717) is 12.8 Å². The summed E-state index contributed by atoms with van der Waals surface area (Å²) in [5.74, 6) is 0.318. The molecule has 1 nitrogen and oxygen atoms in total. The summed E-state index contributed by atoms with van der Waals surface area (Å²) in [5, 5.41) is 0. The van der Waals surface area contributed by atoms with Crippen molar-refractivity contribution in [3.8, 4) is 0 Å². The fraction of sp³-hybridized carbons (Fsp3) is 0.562. The van der Waals surface area contributed by atoms with Crippen molar-refractivity contribution >= 4 is 5.78 Å². The highest BCUT2D eigenvalue weighted by Crippen LogP contribution is 2.40. The van der Waals surface area contributed by atoms with Crippen LogP contribution in [-0.2, 0) is 4.79 Å². The largest absolute Gasteiger partial charge is 0.299 e. The van der Waals surface area contributed by atoms with E-state index in [0.717, 1.165) is 12.0 Å². The molecule has 2 heteroatoms. The normalized spacial score (nSPS) is 25.3. The van der Waals surface area contributed by atoms with Crippen LogP contribution in [0.25, 0.3) is 0 Å². The molecule has 1 aromatic carbocycles. The topological polar surface area (TPSA) is 17.1 Å². The van der Waals surface area contributed by atoms with E-state index < -0.39 is 6.17 Å². The second kappa shape index (κ2) is 5.64. The Hall–Kier alpha value is -1.18. The summed E-state index contributed by atoms with van der Waals surface area (Å²) in [6.07, 6.45) is 1.26. The molecule has 0 bridgehead atoms. The van der Waals surface area contributed by atoms with E-state index in [1.165, 1.54) is 0 Å². The number of ketones is 1. The highest BCUT2D eigenvalue weighted by molar-refractivity contribution is 5.87. The standard InChI is InChI=1S/C16H21FO/c1-11(2)16(18)15(12-6-4-3-5-7-12)13-8-9-14(17)10-13/h3-7,11,13-15H,8-10H2,1-2H3/t13?,14-,15+/m0/s1. The van der Waals surface area contributed by atoms with E-state index in [1.54, 1.807) is 0 Å². The molecule has 18 heavy (non-hydrogen) atoms. The van der Waals surface area contributed by atoms with Gasteiger partial charge < -0.3 is 0 Å². The number of carbonyl (C=O) groups is 1. The van der Waals surface area contributed by atoms with Gasteiger partial charge in [0.2, 0.25) is 0 Å². The molecule has 0 saturated heterocycles. The number of carbonyl (C=O) groups excluding carboxylic acids is 1. The minimum Gasteiger partial charge on any atom is -0.299 e. The van der Waals surface area contributed by atoms with Crippen LogP contribution in [0.5, 0.6) is 0 Å². The summed E-state index contributed by atoms with van der Waals surface area (Å²) in [6.45, 7) is 3.86. The Morgan fingerprint density at radius 2 is 1.89 bits per heavy atom. The maximum atomic E-state index is 13.4. The quantitative estimate of drug-likeness (QED) is 0.783. The Bertz CT molecular complexity index is 399. The highest BCUT2D eigenvalue weighted by Gasteiger charge is 2.36. The number of hydrogen-bond acceptors (Lipinski definition) is 1. The van der Waals surface area contributed by atoms with Gasteiger partial charge in [0.1, 0.15) is 12.0 Å².